The largest absolute Gasteiger partial charge is 0.469 e. The molecule has 146 valence electrons. The van der Waals surface area contributed by atoms with Crippen LogP contribution in [0, 0.1) is 0 Å². The van der Waals surface area contributed by atoms with Gasteiger partial charge in [0.05, 0.1) is 19.6 Å². The number of methoxy groups -OCH3 is 1. The highest BCUT2D eigenvalue weighted by Crippen LogP contribution is 2.25. The van der Waals surface area contributed by atoms with Gasteiger partial charge in [0.2, 0.25) is 11.8 Å². The van der Waals surface area contributed by atoms with E-state index in [1.165, 1.54) is 20.1 Å². The van der Waals surface area contributed by atoms with E-state index in [-0.39, 0.29) is 18.2 Å². The summed E-state index contributed by atoms with van der Waals surface area (Å²) in [5, 5.41) is 5.90. The third-order valence-electron chi connectivity index (χ3n) is 3.85. The maximum absolute atomic E-state index is 12.3. The Balaban J connectivity index is 2.08. The van der Waals surface area contributed by atoms with Crippen molar-refractivity contribution in [2.75, 3.05) is 12.4 Å². The molecule has 2 aromatic carbocycles. The second kappa shape index (κ2) is 10.3. The molecule has 0 aliphatic carbocycles. The number of hydrogen-bond acceptors (Lipinski definition) is 4. The maximum atomic E-state index is 12.3. The van der Waals surface area contributed by atoms with Crippen molar-refractivity contribution in [1.82, 2.24) is 5.32 Å². The molecule has 0 radical (unpaired) electrons. The summed E-state index contributed by atoms with van der Waals surface area (Å²) in [7, 11) is 1.29. The van der Waals surface area contributed by atoms with Gasteiger partial charge in [-0.15, -0.1) is 0 Å². The Kier molecular flexibility index (Phi) is 7.77. The quantitative estimate of drug-likeness (QED) is 0.547. The van der Waals surface area contributed by atoms with Crippen LogP contribution in [0.15, 0.2) is 54.6 Å². The lowest BCUT2D eigenvalue weighted by Gasteiger charge is -2.18. The fraction of sp³-hybridized carbons (Fsp3) is 0.190. The molecule has 0 spiro atoms. The Morgan fingerprint density at radius 2 is 1.79 bits per heavy atom. The number of hydrogen-bond donors (Lipinski definition) is 2. The Hall–Kier alpha value is -3.12. The van der Waals surface area contributed by atoms with Gasteiger partial charge in [0.25, 0.3) is 0 Å². The lowest BCUT2D eigenvalue weighted by molar-refractivity contribution is -0.141. The molecule has 0 heterocycles. The lowest BCUT2D eigenvalue weighted by atomic mass is 10.0. The molecule has 28 heavy (non-hydrogen) atoms. The predicted octanol–water partition coefficient (Wildman–Crippen LogP) is 3.73. The number of benzene rings is 2. The molecule has 1 atom stereocenters. The molecule has 7 heteroatoms. The van der Waals surface area contributed by atoms with Gasteiger partial charge >= 0.3 is 5.97 Å². The third kappa shape index (κ3) is 6.55. The summed E-state index contributed by atoms with van der Waals surface area (Å²) in [6.07, 6.45) is 2.97. The molecule has 0 aromatic heterocycles. The zero-order chi connectivity index (χ0) is 20.5. The topological polar surface area (TPSA) is 84.5 Å². The first-order valence-electron chi connectivity index (χ1n) is 8.56. The van der Waals surface area contributed by atoms with E-state index < -0.39 is 12.0 Å². The summed E-state index contributed by atoms with van der Waals surface area (Å²) >= 11 is 6.20. The van der Waals surface area contributed by atoms with Crippen LogP contribution < -0.4 is 10.6 Å². The monoisotopic (exact) mass is 400 g/mol. The SMILES string of the molecule is COC(=O)CC(NC(=O)/C=C/c1ccc(NC(C)=O)cc1)c1ccccc1Cl. The van der Waals surface area contributed by atoms with Gasteiger partial charge in [-0.3, -0.25) is 14.4 Å². The second-order valence-electron chi connectivity index (χ2n) is 6.00. The normalized spacial score (nSPS) is 11.7. The maximum Gasteiger partial charge on any atom is 0.307 e. The summed E-state index contributed by atoms with van der Waals surface area (Å²) in [5.74, 6) is -0.985. The summed E-state index contributed by atoms with van der Waals surface area (Å²) < 4.78 is 4.71. The van der Waals surface area contributed by atoms with Crippen molar-refractivity contribution >= 4 is 41.1 Å². The van der Waals surface area contributed by atoms with Crippen molar-refractivity contribution in [3.8, 4) is 0 Å². The molecular weight excluding hydrogens is 380 g/mol. The zero-order valence-corrected chi connectivity index (χ0v) is 16.3. The number of carbonyl (C=O) groups excluding carboxylic acids is 3. The highest BCUT2D eigenvalue weighted by Gasteiger charge is 2.20. The average Bonchev–Trinajstić information content (AvgIpc) is 2.67. The van der Waals surface area contributed by atoms with Crippen molar-refractivity contribution in [2.24, 2.45) is 0 Å². The molecule has 0 aliphatic heterocycles. The number of rotatable bonds is 7. The van der Waals surface area contributed by atoms with Gasteiger partial charge in [0.15, 0.2) is 0 Å². The number of anilines is 1. The van der Waals surface area contributed by atoms with Gasteiger partial charge in [-0.05, 0) is 35.4 Å². The first-order valence-corrected chi connectivity index (χ1v) is 8.94. The minimum atomic E-state index is -0.611. The van der Waals surface area contributed by atoms with Gasteiger partial charge in [-0.25, -0.2) is 0 Å². The number of halogens is 1. The van der Waals surface area contributed by atoms with Crippen LogP contribution in [0.4, 0.5) is 5.69 Å². The van der Waals surface area contributed by atoms with Crippen molar-refractivity contribution in [3.63, 3.8) is 0 Å². The second-order valence-corrected chi connectivity index (χ2v) is 6.41. The molecule has 0 bridgehead atoms. The van der Waals surface area contributed by atoms with E-state index in [4.69, 9.17) is 16.3 Å². The predicted molar refractivity (Wildman–Crippen MR) is 109 cm³/mol. The van der Waals surface area contributed by atoms with Gasteiger partial charge in [-0.1, -0.05) is 41.9 Å². The van der Waals surface area contributed by atoms with Crippen molar-refractivity contribution in [2.45, 2.75) is 19.4 Å². The average molecular weight is 401 g/mol. The molecular formula is C21H21ClN2O4. The van der Waals surface area contributed by atoms with Crippen LogP contribution in [0.2, 0.25) is 5.02 Å². The highest BCUT2D eigenvalue weighted by molar-refractivity contribution is 6.31. The van der Waals surface area contributed by atoms with Gasteiger partial charge < -0.3 is 15.4 Å². The van der Waals surface area contributed by atoms with Gasteiger partial charge in [0, 0.05) is 23.7 Å². The van der Waals surface area contributed by atoms with Crippen LogP contribution in [0.25, 0.3) is 6.08 Å². The number of ether oxygens (including phenoxy) is 1. The Morgan fingerprint density at radius 1 is 1.11 bits per heavy atom. The smallest absolute Gasteiger partial charge is 0.307 e. The Bertz CT molecular complexity index is 878. The van der Waals surface area contributed by atoms with Crippen LogP contribution in [0.1, 0.15) is 30.5 Å². The summed E-state index contributed by atoms with van der Waals surface area (Å²) in [5.41, 5.74) is 2.09. The van der Waals surface area contributed by atoms with Crippen LogP contribution in [0.5, 0.6) is 0 Å². The number of amides is 2. The molecule has 0 aliphatic rings. The molecule has 1 unspecified atom stereocenters. The lowest BCUT2D eigenvalue weighted by Crippen LogP contribution is -2.29. The minimum Gasteiger partial charge on any atom is -0.469 e. The van der Waals surface area contributed by atoms with Crippen molar-refractivity contribution < 1.29 is 19.1 Å². The van der Waals surface area contributed by atoms with E-state index >= 15 is 0 Å². The van der Waals surface area contributed by atoms with Crippen molar-refractivity contribution in [3.05, 3.63) is 70.8 Å². The molecule has 2 rings (SSSR count). The van der Waals surface area contributed by atoms with E-state index in [1.54, 1.807) is 54.6 Å². The van der Waals surface area contributed by atoms with E-state index in [9.17, 15) is 14.4 Å². The first-order chi connectivity index (χ1) is 13.4. The van der Waals surface area contributed by atoms with E-state index in [2.05, 4.69) is 10.6 Å². The molecule has 0 saturated carbocycles. The fourth-order valence-corrected chi connectivity index (χ4v) is 2.79. The van der Waals surface area contributed by atoms with Crippen LogP contribution in [-0.2, 0) is 19.1 Å². The van der Waals surface area contributed by atoms with Crippen LogP contribution in [-0.4, -0.2) is 24.9 Å². The standard InChI is InChI=1S/C21H21ClN2O4/c1-14(25)23-16-10-7-15(8-11-16)9-12-20(26)24-19(13-21(27)28-2)17-5-3-4-6-18(17)22/h3-12,19H,13H2,1-2H3,(H,23,25)(H,24,26)/b12-9+. The van der Waals surface area contributed by atoms with Gasteiger partial charge in [-0.2, -0.15) is 0 Å². The molecule has 6 nitrogen and oxygen atoms in total. The summed E-state index contributed by atoms with van der Waals surface area (Å²) in [6, 6.07) is 13.4. The Morgan fingerprint density at radius 3 is 2.39 bits per heavy atom. The van der Waals surface area contributed by atoms with Crippen LogP contribution >= 0.6 is 11.6 Å². The molecule has 2 aromatic rings. The number of nitrogens with one attached hydrogen (secondary N) is 2. The van der Waals surface area contributed by atoms with Crippen molar-refractivity contribution in [1.29, 1.82) is 0 Å². The molecule has 2 amide bonds. The molecule has 2 N–H and O–H groups in total. The van der Waals surface area contributed by atoms with Crippen LogP contribution in [0.3, 0.4) is 0 Å². The fourth-order valence-electron chi connectivity index (χ4n) is 2.52. The van der Waals surface area contributed by atoms with E-state index in [0.717, 1.165) is 5.56 Å². The third-order valence-corrected chi connectivity index (χ3v) is 4.20. The van der Waals surface area contributed by atoms with E-state index in [1.807, 2.05) is 0 Å². The van der Waals surface area contributed by atoms with E-state index in [0.29, 0.717) is 16.3 Å². The molecule has 0 saturated heterocycles. The summed E-state index contributed by atoms with van der Waals surface area (Å²) in [6.45, 7) is 1.43. The Labute approximate surface area is 168 Å². The number of esters is 1. The zero-order valence-electron chi connectivity index (χ0n) is 15.6. The summed E-state index contributed by atoms with van der Waals surface area (Å²) in [4.78, 5) is 35.1. The van der Waals surface area contributed by atoms with Gasteiger partial charge in [0.1, 0.15) is 0 Å². The number of carbonyl (C=O) groups is 3. The minimum absolute atomic E-state index is 0.0365. The molecule has 0 fully saturated rings. The highest BCUT2D eigenvalue weighted by atomic mass is 35.5. The first kappa shape index (κ1) is 21.2.